The molecule has 0 spiro atoms. The molecule has 1 unspecified atom stereocenters. The number of likely N-dealkylation sites (N-methyl/N-ethyl adjacent to an activating group) is 2. The number of amides is 2. The molecule has 2 N–H and O–H groups in total. The summed E-state index contributed by atoms with van der Waals surface area (Å²) in [5.74, 6) is -1.05. The van der Waals surface area contributed by atoms with Crippen molar-refractivity contribution in [2.45, 2.75) is 6.04 Å². The highest BCUT2D eigenvalue weighted by atomic mass is 16.5. The van der Waals surface area contributed by atoms with Crippen LogP contribution in [-0.2, 0) is 9.59 Å². The highest BCUT2D eigenvalue weighted by Gasteiger charge is 2.47. The molecule has 1 aromatic rings. The molecule has 124 valence electrons. The predicted octanol–water partition coefficient (Wildman–Crippen LogP) is -1.73. The van der Waals surface area contributed by atoms with Gasteiger partial charge < -0.3 is 15.0 Å². The van der Waals surface area contributed by atoms with Gasteiger partial charge in [0.1, 0.15) is 0 Å². The van der Waals surface area contributed by atoms with Gasteiger partial charge in [0.15, 0.2) is 6.04 Å². The van der Waals surface area contributed by atoms with Crippen LogP contribution in [0.2, 0.25) is 0 Å². The van der Waals surface area contributed by atoms with Gasteiger partial charge in [-0.1, -0.05) is 0 Å². The summed E-state index contributed by atoms with van der Waals surface area (Å²) in [6.45, 7) is 0. The van der Waals surface area contributed by atoms with E-state index in [4.69, 9.17) is 10.1 Å². The summed E-state index contributed by atoms with van der Waals surface area (Å²) < 4.78 is 5.03. The second-order valence-corrected chi connectivity index (χ2v) is 4.92. The molecule has 0 aromatic carbocycles. The minimum Gasteiger partial charge on any atom is -0.467 e. The monoisotopic (exact) mass is 322 g/mol. The molecule has 0 radical (unpaired) electrons. The Balaban J connectivity index is 2.57. The molecule has 2 amide bonds. The molecule has 0 aliphatic carbocycles. The van der Waals surface area contributed by atoms with E-state index in [2.05, 4.69) is 20.3 Å². The zero-order chi connectivity index (χ0) is 17.3. The van der Waals surface area contributed by atoms with E-state index in [1.54, 1.807) is 19.0 Å². The van der Waals surface area contributed by atoms with E-state index < -0.39 is 17.9 Å². The molecular formula is C12H18N8O3. The number of aromatic nitrogens is 3. The van der Waals surface area contributed by atoms with Gasteiger partial charge in [-0.2, -0.15) is 15.0 Å². The average Bonchev–Trinajstić information content (AvgIpc) is 2.77. The second-order valence-electron chi connectivity index (χ2n) is 4.92. The van der Waals surface area contributed by atoms with E-state index in [1.807, 2.05) is 0 Å². The van der Waals surface area contributed by atoms with E-state index in [-0.39, 0.29) is 23.9 Å². The second kappa shape index (κ2) is 6.02. The maximum Gasteiger partial charge on any atom is 0.322 e. The first-order valence-corrected chi connectivity index (χ1v) is 6.66. The number of carbonyl (C=O) groups is 2. The third kappa shape index (κ3) is 2.72. The zero-order valence-corrected chi connectivity index (χ0v) is 13.5. The Morgan fingerprint density at radius 3 is 2.52 bits per heavy atom. The van der Waals surface area contributed by atoms with Crippen LogP contribution in [0.4, 0.5) is 11.9 Å². The summed E-state index contributed by atoms with van der Waals surface area (Å²) in [4.78, 5) is 40.4. The van der Waals surface area contributed by atoms with Crippen LogP contribution in [0.15, 0.2) is 0 Å². The highest BCUT2D eigenvalue weighted by molar-refractivity contribution is 6.23. The molecule has 2 rings (SSSR count). The number of anilines is 2. The van der Waals surface area contributed by atoms with E-state index in [0.29, 0.717) is 0 Å². The summed E-state index contributed by atoms with van der Waals surface area (Å²) in [6, 6.07) is -1.23. The van der Waals surface area contributed by atoms with Crippen molar-refractivity contribution in [3.8, 4) is 6.01 Å². The van der Waals surface area contributed by atoms with Crippen LogP contribution in [0.1, 0.15) is 0 Å². The van der Waals surface area contributed by atoms with Crippen molar-refractivity contribution in [3.05, 3.63) is 0 Å². The van der Waals surface area contributed by atoms with Crippen molar-refractivity contribution >= 4 is 29.7 Å². The first-order valence-electron chi connectivity index (χ1n) is 6.66. The van der Waals surface area contributed by atoms with Gasteiger partial charge in [-0.15, -0.1) is 0 Å². The van der Waals surface area contributed by atoms with Gasteiger partial charge in [0.25, 0.3) is 11.8 Å². The number of rotatable bonds is 4. The zero-order valence-electron chi connectivity index (χ0n) is 13.5. The largest absolute Gasteiger partial charge is 0.467 e. The summed E-state index contributed by atoms with van der Waals surface area (Å²) >= 11 is 0. The Bertz CT molecular complexity index is 662. The van der Waals surface area contributed by atoms with Crippen molar-refractivity contribution in [2.24, 2.45) is 0 Å². The lowest BCUT2D eigenvalue weighted by atomic mass is 10.2. The molecule has 0 saturated carbocycles. The first kappa shape index (κ1) is 16.4. The van der Waals surface area contributed by atoms with Gasteiger partial charge in [0.2, 0.25) is 17.9 Å². The molecule has 2 heterocycles. The van der Waals surface area contributed by atoms with Gasteiger partial charge in [0.05, 0.1) is 7.11 Å². The van der Waals surface area contributed by atoms with Gasteiger partial charge in [-0.25, -0.2) is 0 Å². The lowest BCUT2D eigenvalue weighted by molar-refractivity contribution is -0.132. The lowest BCUT2D eigenvalue weighted by Gasteiger charge is -2.21. The molecule has 1 aliphatic heterocycles. The molecule has 0 bridgehead atoms. The normalized spacial score (nSPS) is 17.5. The Labute approximate surface area is 132 Å². The molecular weight excluding hydrogens is 304 g/mol. The van der Waals surface area contributed by atoms with Crippen molar-refractivity contribution in [1.82, 2.24) is 25.2 Å². The first-order chi connectivity index (χ1) is 10.8. The molecule has 1 atom stereocenters. The fraction of sp³-hybridized carbons (Fsp3) is 0.500. The van der Waals surface area contributed by atoms with Gasteiger partial charge in [0, 0.05) is 28.2 Å². The fourth-order valence-corrected chi connectivity index (χ4v) is 1.99. The Kier molecular flexibility index (Phi) is 4.29. The van der Waals surface area contributed by atoms with Gasteiger partial charge >= 0.3 is 6.01 Å². The maximum atomic E-state index is 12.2. The molecule has 1 aromatic heterocycles. The summed E-state index contributed by atoms with van der Waals surface area (Å²) in [5, 5.41) is 10.5. The van der Waals surface area contributed by atoms with Crippen molar-refractivity contribution in [1.29, 1.82) is 5.41 Å². The lowest BCUT2D eigenvalue weighted by Crippen LogP contribution is -2.47. The third-order valence-electron chi connectivity index (χ3n) is 3.25. The van der Waals surface area contributed by atoms with E-state index >= 15 is 0 Å². The van der Waals surface area contributed by atoms with Crippen LogP contribution in [0.3, 0.4) is 0 Å². The Hall–Kier alpha value is -2.98. The Morgan fingerprint density at radius 1 is 1.35 bits per heavy atom. The van der Waals surface area contributed by atoms with Crippen LogP contribution in [0.5, 0.6) is 6.01 Å². The number of hydrogen-bond acceptors (Lipinski definition) is 8. The number of nitrogens with one attached hydrogen (secondary N) is 2. The van der Waals surface area contributed by atoms with Crippen LogP contribution in [0, 0.1) is 5.41 Å². The van der Waals surface area contributed by atoms with Gasteiger partial charge in [-0.3, -0.25) is 24.8 Å². The number of carbonyl (C=O) groups excluding carboxylic acids is 2. The quantitative estimate of drug-likeness (QED) is 0.626. The maximum absolute atomic E-state index is 12.2. The van der Waals surface area contributed by atoms with Crippen LogP contribution >= 0.6 is 0 Å². The highest BCUT2D eigenvalue weighted by Crippen LogP contribution is 2.24. The predicted molar refractivity (Wildman–Crippen MR) is 81.5 cm³/mol. The smallest absolute Gasteiger partial charge is 0.322 e. The fourth-order valence-electron chi connectivity index (χ4n) is 1.99. The minimum absolute atomic E-state index is 0.0168. The van der Waals surface area contributed by atoms with Gasteiger partial charge in [-0.05, 0) is 0 Å². The topological polar surface area (TPSA) is 128 Å². The standard InChI is InChI=1S/C12H18N8O3/c1-14-7(21)6-8(22)19(4)9(13)20(6)11-15-10(18(2)3)16-12(17-11)23-5/h6,13H,1-5H3,(H,14,21). The van der Waals surface area contributed by atoms with Crippen molar-refractivity contribution in [3.63, 3.8) is 0 Å². The van der Waals surface area contributed by atoms with Crippen molar-refractivity contribution in [2.75, 3.05) is 45.1 Å². The Morgan fingerprint density at radius 2 is 2.00 bits per heavy atom. The molecule has 11 heteroatoms. The number of methoxy groups -OCH3 is 1. The number of hydrogen-bond donors (Lipinski definition) is 2. The summed E-state index contributed by atoms with van der Waals surface area (Å²) in [5.41, 5.74) is 0. The number of ether oxygens (including phenoxy) is 1. The van der Waals surface area contributed by atoms with Crippen LogP contribution in [-0.4, -0.2) is 79.0 Å². The number of nitrogens with zero attached hydrogens (tertiary/aromatic N) is 6. The van der Waals surface area contributed by atoms with Crippen molar-refractivity contribution < 1.29 is 14.3 Å². The molecule has 23 heavy (non-hydrogen) atoms. The van der Waals surface area contributed by atoms with Crippen LogP contribution in [0.25, 0.3) is 0 Å². The molecule has 11 nitrogen and oxygen atoms in total. The average molecular weight is 322 g/mol. The molecule has 1 aliphatic rings. The van der Waals surface area contributed by atoms with E-state index in [9.17, 15) is 9.59 Å². The molecule has 1 fully saturated rings. The van der Waals surface area contributed by atoms with E-state index in [1.165, 1.54) is 21.2 Å². The minimum atomic E-state index is -1.25. The summed E-state index contributed by atoms with van der Waals surface area (Å²) in [7, 11) is 7.66. The summed E-state index contributed by atoms with van der Waals surface area (Å²) in [6.07, 6.45) is 0. The number of guanidine groups is 1. The van der Waals surface area contributed by atoms with E-state index in [0.717, 1.165) is 9.80 Å². The third-order valence-corrected chi connectivity index (χ3v) is 3.25. The molecule has 1 saturated heterocycles. The van der Waals surface area contributed by atoms with Crippen LogP contribution < -0.4 is 19.9 Å². The SMILES string of the molecule is CNC(=O)C1C(=O)N(C)C(=N)N1c1nc(OC)nc(N(C)C)n1.